The smallest absolute Gasteiger partial charge is 0.266 e. The summed E-state index contributed by atoms with van der Waals surface area (Å²) in [5.41, 5.74) is 1.62. The van der Waals surface area contributed by atoms with Crippen LogP contribution in [0.5, 0.6) is 5.75 Å². The van der Waals surface area contributed by atoms with Gasteiger partial charge in [-0.2, -0.15) is 5.26 Å². The number of benzene rings is 2. The Morgan fingerprint density at radius 1 is 1.26 bits per heavy atom. The maximum Gasteiger partial charge on any atom is 0.266 e. The minimum absolute atomic E-state index is 0.110. The standard InChI is InChI=1S/C20H15Cl3N2O2/c1-3-7-27-19-16(22)9-13(10-17(19)23)8-14(11-24)20(26)25-18-6-4-5-15(21)12(18)2/h3-6,8-10H,1,7H2,2H3,(H,25,26)/b14-8-. The fourth-order valence-electron chi connectivity index (χ4n) is 2.19. The maximum absolute atomic E-state index is 12.4. The molecule has 0 saturated carbocycles. The molecule has 0 aliphatic carbocycles. The number of ether oxygens (including phenoxy) is 1. The Morgan fingerprint density at radius 2 is 1.93 bits per heavy atom. The first-order valence-electron chi connectivity index (χ1n) is 7.78. The van der Waals surface area contributed by atoms with Crippen molar-refractivity contribution in [2.75, 3.05) is 11.9 Å². The average Bonchev–Trinajstić information content (AvgIpc) is 2.62. The zero-order valence-electron chi connectivity index (χ0n) is 14.4. The van der Waals surface area contributed by atoms with Gasteiger partial charge in [-0.15, -0.1) is 0 Å². The molecule has 0 unspecified atom stereocenters. The van der Waals surface area contributed by atoms with Crippen LogP contribution in [0.25, 0.3) is 6.08 Å². The van der Waals surface area contributed by atoms with Gasteiger partial charge < -0.3 is 10.1 Å². The number of nitrogens with zero attached hydrogens (tertiary/aromatic N) is 1. The van der Waals surface area contributed by atoms with E-state index < -0.39 is 5.91 Å². The number of carbonyl (C=O) groups excluding carboxylic acids is 1. The van der Waals surface area contributed by atoms with Crippen LogP contribution in [-0.4, -0.2) is 12.5 Å². The van der Waals surface area contributed by atoms with Crippen LogP contribution in [0.15, 0.2) is 48.6 Å². The molecule has 27 heavy (non-hydrogen) atoms. The lowest BCUT2D eigenvalue weighted by atomic mass is 10.1. The summed E-state index contributed by atoms with van der Waals surface area (Å²) in [4.78, 5) is 12.4. The molecule has 0 atom stereocenters. The van der Waals surface area contributed by atoms with E-state index in [4.69, 9.17) is 39.5 Å². The van der Waals surface area contributed by atoms with Crippen molar-refractivity contribution in [1.82, 2.24) is 0 Å². The molecule has 4 nitrogen and oxygen atoms in total. The fraction of sp³-hybridized carbons (Fsp3) is 0.100. The monoisotopic (exact) mass is 420 g/mol. The van der Waals surface area contributed by atoms with Crippen LogP contribution in [-0.2, 0) is 4.79 Å². The molecule has 138 valence electrons. The third-order valence-electron chi connectivity index (χ3n) is 3.56. The van der Waals surface area contributed by atoms with Gasteiger partial charge in [0.1, 0.15) is 18.2 Å². The van der Waals surface area contributed by atoms with Crippen LogP contribution in [0, 0.1) is 18.3 Å². The van der Waals surface area contributed by atoms with Crippen molar-refractivity contribution in [1.29, 1.82) is 5.26 Å². The number of hydrogen-bond acceptors (Lipinski definition) is 3. The van der Waals surface area contributed by atoms with Crippen molar-refractivity contribution in [3.63, 3.8) is 0 Å². The second kappa shape index (κ2) is 9.48. The van der Waals surface area contributed by atoms with Gasteiger partial charge in [-0.05, 0) is 48.4 Å². The summed E-state index contributed by atoms with van der Waals surface area (Å²) in [6, 6.07) is 10.1. The molecule has 2 aromatic carbocycles. The highest BCUT2D eigenvalue weighted by molar-refractivity contribution is 6.37. The molecule has 0 bridgehead atoms. The number of amides is 1. The molecular formula is C20H15Cl3N2O2. The predicted molar refractivity (Wildman–Crippen MR) is 111 cm³/mol. The maximum atomic E-state index is 12.4. The molecule has 2 aromatic rings. The molecule has 0 aliphatic rings. The number of carbonyl (C=O) groups is 1. The predicted octanol–water partition coefficient (Wildman–Crippen LogP) is 6.07. The largest absolute Gasteiger partial charge is 0.486 e. The number of nitrogens with one attached hydrogen (secondary N) is 1. The molecule has 0 fully saturated rings. The molecule has 0 saturated heterocycles. The Balaban J connectivity index is 2.30. The Kier molecular flexibility index (Phi) is 7.32. The third-order valence-corrected chi connectivity index (χ3v) is 4.53. The van der Waals surface area contributed by atoms with Crippen molar-refractivity contribution >= 4 is 52.5 Å². The van der Waals surface area contributed by atoms with Crippen molar-refractivity contribution in [3.8, 4) is 11.8 Å². The van der Waals surface area contributed by atoms with Gasteiger partial charge in [0.2, 0.25) is 0 Å². The molecule has 0 aromatic heterocycles. The summed E-state index contributed by atoms with van der Waals surface area (Å²) in [5.74, 6) is -0.255. The van der Waals surface area contributed by atoms with Crippen LogP contribution in [0.2, 0.25) is 15.1 Å². The molecule has 7 heteroatoms. The summed E-state index contributed by atoms with van der Waals surface area (Å²) < 4.78 is 5.39. The minimum atomic E-state index is -0.568. The molecular weight excluding hydrogens is 407 g/mol. The Bertz CT molecular complexity index is 939. The lowest BCUT2D eigenvalue weighted by Crippen LogP contribution is -2.14. The number of nitriles is 1. The SMILES string of the molecule is C=CCOc1c(Cl)cc(/C=C(/C#N)C(=O)Nc2cccc(Cl)c2C)cc1Cl. The van der Waals surface area contributed by atoms with Crippen LogP contribution in [0.1, 0.15) is 11.1 Å². The van der Waals surface area contributed by atoms with Gasteiger partial charge in [-0.25, -0.2) is 0 Å². The van der Waals surface area contributed by atoms with E-state index in [-0.39, 0.29) is 22.2 Å². The van der Waals surface area contributed by atoms with E-state index in [1.807, 2.05) is 6.07 Å². The first-order valence-corrected chi connectivity index (χ1v) is 8.91. The first-order chi connectivity index (χ1) is 12.9. The van der Waals surface area contributed by atoms with E-state index in [0.717, 1.165) is 0 Å². The fourth-order valence-corrected chi connectivity index (χ4v) is 2.98. The highest BCUT2D eigenvalue weighted by atomic mass is 35.5. The quantitative estimate of drug-likeness (QED) is 0.350. The summed E-state index contributed by atoms with van der Waals surface area (Å²) in [5, 5.41) is 13.1. The lowest BCUT2D eigenvalue weighted by molar-refractivity contribution is -0.112. The van der Waals surface area contributed by atoms with Crippen molar-refractivity contribution in [2.45, 2.75) is 6.92 Å². The number of hydrogen-bond donors (Lipinski definition) is 1. The minimum Gasteiger partial charge on any atom is -0.486 e. The molecule has 0 aliphatic heterocycles. The van der Waals surface area contributed by atoms with Crippen LogP contribution >= 0.6 is 34.8 Å². The number of rotatable bonds is 6. The van der Waals surface area contributed by atoms with E-state index >= 15 is 0 Å². The van der Waals surface area contributed by atoms with E-state index in [9.17, 15) is 10.1 Å². The van der Waals surface area contributed by atoms with Crippen LogP contribution in [0.3, 0.4) is 0 Å². The van der Waals surface area contributed by atoms with E-state index in [2.05, 4.69) is 11.9 Å². The lowest BCUT2D eigenvalue weighted by Gasteiger charge is -2.10. The van der Waals surface area contributed by atoms with Gasteiger partial charge in [-0.3, -0.25) is 4.79 Å². The number of anilines is 1. The normalized spacial score (nSPS) is 10.9. The topological polar surface area (TPSA) is 62.1 Å². The van der Waals surface area contributed by atoms with E-state index in [0.29, 0.717) is 27.6 Å². The van der Waals surface area contributed by atoms with Crippen molar-refractivity contribution in [3.05, 3.63) is 74.8 Å². The van der Waals surface area contributed by atoms with Gasteiger partial charge >= 0.3 is 0 Å². The second-order valence-electron chi connectivity index (χ2n) is 5.45. The van der Waals surface area contributed by atoms with Crippen LogP contribution < -0.4 is 10.1 Å². The average molecular weight is 422 g/mol. The van der Waals surface area contributed by atoms with Crippen LogP contribution in [0.4, 0.5) is 5.69 Å². The summed E-state index contributed by atoms with van der Waals surface area (Å²) in [7, 11) is 0. The summed E-state index contributed by atoms with van der Waals surface area (Å²) >= 11 is 18.4. The van der Waals surface area contributed by atoms with E-state index in [1.165, 1.54) is 6.08 Å². The number of halogens is 3. The highest BCUT2D eigenvalue weighted by Gasteiger charge is 2.14. The Hall–Kier alpha value is -2.45. The second-order valence-corrected chi connectivity index (χ2v) is 6.67. The highest BCUT2D eigenvalue weighted by Crippen LogP contribution is 2.35. The van der Waals surface area contributed by atoms with Crippen molar-refractivity contribution in [2.24, 2.45) is 0 Å². The molecule has 1 N–H and O–H groups in total. The Morgan fingerprint density at radius 3 is 2.52 bits per heavy atom. The molecule has 0 heterocycles. The van der Waals surface area contributed by atoms with Gasteiger partial charge in [-0.1, -0.05) is 53.5 Å². The summed E-state index contributed by atoms with van der Waals surface area (Å²) in [6.07, 6.45) is 2.96. The van der Waals surface area contributed by atoms with Gasteiger partial charge in [0, 0.05) is 10.7 Å². The Labute approximate surface area is 172 Å². The third kappa shape index (κ3) is 5.27. The first kappa shape index (κ1) is 20.9. The zero-order chi connectivity index (χ0) is 20.0. The van der Waals surface area contributed by atoms with Gasteiger partial charge in [0.25, 0.3) is 5.91 Å². The van der Waals surface area contributed by atoms with Gasteiger partial charge in [0.15, 0.2) is 5.75 Å². The molecule has 0 radical (unpaired) electrons. The molecule has 2 rings (SSSR count). The van der Waals surface area contributed by atoms with Gasteiger partial charge in [0.05, 0.1) is 10.0 Å². The van der Waals surface area contributed by atoms with E-state index in [1.54, 1.807) is 43.3 Å². The molecule has 0 spiro atoms. The zero-order valence-corrected chi connectivity index (χ0v) is 16.6. The van der Waals surface area contributed by atoms with Crippen molar-refractivity contribution < 1.29 is 9.53 Å². The summed E-state index contributed by atoms with van der Waals surface area (Å²) in [6.45, 7) is 5.58. The molecule has 1 amide bonds.